The van der Waals surface area contributed by atoms with Crippen molar-refractivity contribution in [1.82, 2.24) is 4.90 Å². The van der Waals surface area contributed by atoms with Gasteiger partial charge in [0.1, 0.15) is 0 Å². The first-order valence-corrected chi connectivity index (χ1v) is 7.52. The van der Waals surface area contributed by atoms with E-state index in [4.69, 9.17) is 5.73 Å². The van der Waals surface area contributed by atoms with E-state index in [-0.39, 0.29) is 23.7 Å². The highest BCUT2D eigenvalue weighted by molar-refractivity contribution is 5.92. The molecule has 0 aliphatic heterocycles. The Kier molecular flexibility index (Phi) is 8.68. The van der Waals surface area contributed by atoms with Gasteiger partial charge >= 0.3 is 0 Å². The summed E-state index contributed by atoms with van der Waals surface area (Å²) in [5.74, 6) is 0.502. The fourth-order valence-corrected chi connectivity index (χ4v) is 2.25. The van der Waals surface area contributed by atoms with Crippen molar-refractivity contribution in [3.63, 3.8) is 0 Å². The molecule has 0 unspecified atom stereocenters. The van der Waals surface area contributed by atoms with Gasteiger partial charge in [-0.25, -0.2) is 0 Å². The molecule has 0 saturated heterocycles. The average molecular weight is 328 g/mol. The Balaban J connectivity index is 0.00000441. The van der Waals surface area contributed by atoms with E-state index >= 15 is 0 Å². The van der Waals surface area contributed by atoms with Crippen LogP contribution in [0.3, 0.4) is 0 Å². The molecule has 22 heavy (non-hydrogen) atoms. The summed E-state index contributed by atoms with van der Waals surface area (Å²) in [5.41, 5.74) is 7.86. The Labute approximate surface area is 140 Å². The van der Waals surface area contributed by atoms with Crippen molar-refractivity contribution in [2.75, 3.05) is 32.0 Å². The fourth-order valence-electron chi connectivity index (χ4n) is 2.25. The highest BCUT2D eigenvalue weighted by atomic mass is 35.5. The minimum atomic E-state index is 0. The van der Waals surface area contributed by atoms with E-state index in [1.54, 1.807) is 0 Å². The van der Waals surface area contributed by atoms with Gasteiger partial charge in [-0.05, 0) is 42.6 Å². The van der Waals surface area contributed by atoms with E-state index in [1.165, 1.54) is 5.56 Å². The summed E-state index contributed by atoms with van der Waals surface area (Å²) in [6, 6.07) is 8.02. The second-order valence-electron chi connectivity index (χ2n) is 6.87. The van der Waals surface area contributed by atoms with Crippen LogP contribution in [0.25, 0.3) is 0 Å². The zero-order chi connectivity index (χ0) is 16.0. The monoisotopic (exact) mass is 327 g/mol. The minimum Gasteiger partial charge on any atom is -0.330 e. The van der Waals surface area contributed by atoms with Crippen molar-refractivity contribution < 1.29 is 4.79 Å². The van der Waals surface area contributed by atoms with E-state index in [0.717, 1.165) is 12.2 Å². The summed E-state index contributed by atoms with van der Waals surface area (Å²) in [6.45, 7) is 10.3. The molecule has 1 rings (SSSR count). The number of carbonyl (C=O) groups is 1. The Morgan fingerprint density at radius 3 is 2.27 bits per heavy atom. The van der Waals surface area contributed by atoms with Gasteiger partial charge in [-0.2, -0.15) is 0 Å². The van der Waals surface area contributed by atoms with Crippen LogP contribution >= 0.6 is 12.4 Å². The van der Waals surface area contributed by atoms with Crippen LogP contribution in [0.15, 0.2) is 24.3 Å². The predicted octanol–water partition coefficient (Wildman–Crippen LogP) is 3.09. The van der Waals surface area contributed by atoms with Crippen LogP contribution < -0.4 is 11.1 Å². The molecule has 0 atom stereocenters. The molecule has 126 valence electrons. The molecular formula is C17H30ClN3O. The molecule has 4 nitrogen and oxygen atoms in total. The van der Waals surface area contributed by atoms with Gasteiger partial charge in [0.15, 0.2) is 0 Å². The van der Waals surface area contributed by atoms with Gasteiger partial charge < -0.3 is 11.1 Å². The maximum Gasteiger partial charge on any atom is 0.238 e. The number of anilines is 1. The van der Waals surface area contributed by atoms with E-state index < -0.39 is 0 Å². The van der Waals surface area contributed by atoms with Gasteiger partial charge in [-0.15, -0.1) is 12.4 Å². The number of nitrogens with zero attached hydrogens (tertiary/aromatic N) is 1. The number of benzene rings is 1. The average Bonchev–Trinajstić information content (AvgIpc) is 2.38. The first kappa shape index (κ1) is 20.9. The fraction of sp³-hybridized carbons (Fsp3) is 0.588. The Morgan fingerprint density at radius 1 is 1.27 bits per heavy atom. The lowest BCUT2D eigenvalue weighted by atomic mass is 9.93. The highest BCUT2D eigenvalue weighted by Crippen LogP contribution is 2.17. The van der Waals surface area contributed by atoms with Gasteiger partial charge in [-0.1, -0.05) is 39.8 Å². The Hall–Kier alpha value is -1.10. The molecule has 0 aliphatic rings. The van der Waals surface area contributed by atoms with Gasteiger partial charge in [0.2, 0.25) is 5.91 Å². The maximum atomic E-state index is 12.0. The summed E-state index contributed by atoms with van der Waals surface area (Å²) >= 11 is 0. The normalized spacial score (nSPS) is 11.5. The maximum absolute atomic E-state index is 12.0. The Bertz CT molecular complexity index is 457. The predicted molar refractivity (Wildman–Crippen MR) is 96.7 cm³/mol. The third-order valence-electron chi connectivity index (χ3n) is 3.53. The topological polar surface area (TPSA) is 58.4 Å². The van der Waals surface area contributed by atoms with Crippen LogP contribution in [-0.2, 0) is 4.79 Å². The number of hydrogen-bond donors (Lipinski definition) is 2. The van der Waals surface area contributed by atoms with Gasteiger partial charge in [0.25, 0.3) is 0 Å². The molecule has 0 aromatic heterocycles. The molecule has 5 heteroatoms. The number of halogens is 1. The van der Waals surface area contributed by atoms with Crippen molar-refractivity contribution in [2.24, 2.45) is 11.1 Å². The molecule has 0 aliphatic carbocycles. The number of hydrogen-bond acceptors (Lipinski definition) is 3. The van der Waals surface area contributed by atoms with Gasteiger partial charge in [0, 0.05) is 12.2 Å². The molecule has 3 N–H and O–H groups in total. The molecular weight excluding hydrogens is 298 g/mol. The Morgan fingerprint density at radius 2 is 1.82 bits per heavy atom. The van der Waals surface area contributed by atoms with Crippen LogP contribution in [0.2, 0.25) is 0 Å². The van der Waals surface area contributed by atoms with Crippen molar-refractivity contribution in [3.8, 4) is 0 Å². The number of likely N-dealkylation sites (N-methyl/N-ethyl adjacent to an activating group) is 1. The highest BCUT2D eigenvalue weighted by Gasteiger charge is 2.19. The third kappa shape index (κ3) is 7.25. The minimum absolute atomic E-state index is 0. The van der Waals surface area contributed by atoms with E-state index in [1.807, 2.05) is 24.1 Å². The van der Waals surface area contributed by atoms with Crippen LogP contribution in [0.4, 0.5) is 5.69 Å². The number of nitrogens with two attached hydrogens (primary N) is 1. The van der Waals surface area contributed by atoms with Crippen molar-refractivity contribution in [2.45, 2.75) is 33.6 Å². The van der Waals surface area contributed by atoms with Crippen LogP contribution in [0.5, 0.6) is 0 Å². The van der Waals surface area contributed by atoms with Crippen molar-refractivity contribution >= 4 is 24.0 Å². The number of rotatable bonds is 7. The summed E-state index contributed by atoms with van der Waals surface area (Å²) in [7, 11) is 1.94. The number of carbonyl (C=O) groups excluding carboxylic acids is 1. The molecule has 0 heterocycles. The third-order valence-corrected chi connectivity index (χ3v) is 3.53. The zero-order valence-electron chi connectivity index (χ0n) is 14.3. The molecule has 0 radical (unpaired) electrons. The summed E-state index contributed by atoms with van der Waals surface area (Å²) < 4.78 is 0. The van der Waals surface area contributed by atoms with Gasteiger partial charge in [-0.3, -0.25) is 9.69 Å². The molecule has 0 spiro atoms. The van der Waals surface area contributed by atoms with Crippen LogP contribution in [-0.4, -0.2) is 37.5 Å². The van der Waals surface area contributed by atoms with Crippen molar-refractivity contribution in [3.05, 3.63) is 29.8 Å². The standard InChI is InChI=1S/C17H29N3O.ClH/c1-13(2)14-6-8-15(9-7-14)19-16(21)10-20(5)12-17(3,4)11-18;/h6-9,13H,10-12,18H2,1-5H3,(H,19,21);1H. The first-order valence-electron chi connectivity index (χ1n) is 7.52. The SMILES string of the molecule is CC(C)c1ccc(NC(=O)CN(C)CC(C)(C)CN)cc1.Cl. The lowest BCUT2D eigenvalue weighted by Crippen LogP contribution is -2.40. The molecule has 1 aromatic carbocycles. The largest absolute Gasteiger partial charge is 0.330 e. The number of nitrogens with one attached hydrogen (secondary N) is 1. The second-order valence-corrected chi connectivity index (χ2v) is 6.87. The summed E-state index contributed by atoms with van der Waals surface area (Å²) in [6.07, 6.45) is 0. The van der Waals surface area contributed by atoms with Crippen LogP contribution in [0.1, 0.15) is 39.2 Å². The van der Waals surface area contributed by atoms with Crippen molar-refractivity contribution in [1.29, 1.82) is 0 Å². The quantitative estimate of drug-likeness (QED) is 0.809. The first-order chi connectivity index (χ1) is 9.73. The van der Waals surface area contributed by atoms with E-state index in [9.17, 15) is 4.79 Å². The molecule has 0 fully saturated rings. The number of amides is 1. The van der Waals surface area contributed by atoms with Crippen LogP contribution in [0, 0.1) is 5.41 Å². The summed E-state index contributed by atoms with van der Waals surface area (Å²) in [4.78, 5) is 14.0. The molecule has 0 saturated carbocycles. The molecule has 0 bridgehead atoms. The smallest absolute Gasteiger partial charge is 0.238 e. The lowest BCUT2D eigenvalue weighted by molar-refractivity contribution is -0.117. The second kappa shape index (κ2) is 9.13. The molecule has 1 amide bonds. The molecule has 1 aromatic rings. The lowest BCUT2D eigenvalue weighted by Gasteiger charge is -2.28. The van der Waals surface area contributed by atoms with E-state index in [0.29, 0.717) is 19.0 Å². The van der Waals surface area contributed by atoms with E-state index in [2.05, 4.69) is 45.1 Å². The summed E-state index contributed by atoms with van der Waals surface area (Å²) in [5, 5.41) is 2.93. The zero-order valence-corrected chi connectivity index (χ0v) is 15.2. The van der Waals surface area contributed by atoms with Gasteiger partial charge in [0.05, 0.1) is 6.54 Å².